The van der Waals surface area contributed by atoms with Gasteiger partial charge in [0.1, 0.15) is 89.3 Å². The SMILES string of the molecule is CC[C@H](C)[C@H](NC(=O)[C@H](CC(C)C)N(C)C(=O)C[C@@H](C(=O)N(C)C)N(C)C(=O)[C@H](C1CCCC1)N(C)C(=O)C1(NC(=O)[C@@H]2CCCN2C(=O)[C@H](CCc2cc(F)c(C(F)(F)F)c(F)c2)NC(=O)OCc2ccccc2)CCCC1)C(=O)N(C)[C@@H](C)C(=O)N1CC[C@H]1C(=O)N(CC)[C@@H](Cc1ccc(C)cc1)C(=O)OC(C)(C)C. The number of benzene rings is 3. The van der Waals surface area contributed by atoms with Gasteiger partial charge >= 0.3 is 18.2 Å². The molecule has 112 heavy (non-hydrogen) atoms. The Bertz CT molecular complexity index is 3820. The van der Waals surface area contributed by atoms with Crippen LogP contribution >= 0.6 is 0 Å². The Labute approximate surface area is 655 Å². The fraction of sp³-hybridized carbons (Fsp3) is 0.634. The van der Waals surface area contributed by atoms with Crippen molar-refractivity contribution >= 4 is 71.1 Å². The van der Waals surface area contributed by atoms with Crippen LogP contribution in [0.25, 0.3) is 0 Å². The molecule has 4 aliphatic rings. The Morgan fingerprint density at radius 1 is 0.643 bits per heavy atom. The lowest BCUT2D eigenvalue weighted by Gasteiger charge is -2.45. The summed E-state index contributed by atoms with van der Waals surface area (Å²) in [6.07, 6.45) is -3.03. The van der Waals surface area contributed by atoms with Gasteiger partial charge in [-0.2, -0.15) is 13.2 Å². The van der Waals surface area contributed by atoms with E-state index >= 15 is 14.4 Å². The maximum absolute atomic E-state index is 15.6. The first kappa shape index (κ1) is 89.9. The van der Waals surface area contributed by atoms with Crippen LogP contribution in [-0.2, 0) is 87.8 Å². The highest BCUT2D eigenvalue weighted by Gasteiger charge is 2.52. The average Bonchev–Trinajstić information content (AvgIpc) is 1.15. The van der Waals surface area contributed by atoms with Crippen molar-refractivity contribution in [2.75, 3.05) is 61.9 Å². The number of alkyl halides is 3. The molecule has 0 unspecified atom stereocenters. The Morgan fingerprint density at radius 2 is 1.25 bits per heavy atom. The second kappa shape index (κ2) is 39.0. The van der Waals surface area contributed by atoms with E-state index in [1.54, 1.807) is 65.0 Å². The van der Waals surface area contributed by atoms with Crippen molar-refractivity contribution < 1.29 is 89.0 Å². The Morgan fingerprint density at radius 3 is 1.79 bits per heavy atom. The lowest BCUT2D eigenvalue weighted by Crippen LogP contribution is -2.65. The zero-order chi connectivity index (χ0) is 83.2. The topological polar surface area (TPSA) is 285 Å². The minimum Gasteiger partial charge on any atom is -0.458 e. The molecule has 4 fully saturated rings. The number of aryl methyl sites for hydroxylation is 2. The van der Waals surface area contributed by atoms with Crippen molar-refractivity contribution in [1.29, 1.82) is 0 Å². The second-order valence-electron chi connectivity index (χ2n) is 32.4. The van der Waals surface area contributed by atoms with E-state index in [0.717, 1.165) is 16.0 Å². The standard InChI is InChI=1S/C82H116F5N11O14/c1-17-51(6)67(75(106)92(13)52(7)71(102)98-42-38-61(98)74(105)96(18-2)64(77(108)112-80(8,9)10)46-53-34-32-50(5)33-35-53)89-69(100)62(43-49(3)4)93(14)65(99)47-63(73(104)91(11)12)94(15)76(107)68(56-29-22-23-30-56)95(16)78(109)81(39-24-25-40-81)90-70(101)60-31-26-41-97(60)72(103)59(88-79(110)111-48-54-27-20-19-21-28-54)37-36-55-44-57(83)66(58(84)45-55)82(85,86)87/h19-21,27-28,32-35,44-45,49,51-52,56,59-64,67-68H,17-18,22-26,29-31,36-43,46-48H2,1-16H3,(H,88,110)(H,89,100)(H,90,101)/t51-,52-,59-,60-,61-,62-,63-,64-,67-,68-/m0/s1. The number of ether oxygens (including phenoxy) is 2. The summed E-state index contributed by atoms with van der Waals surface area (Å²) in [4.78, 5) is 187. The minimum absolute atomic E-state index is 0.0212. The fourth-order valence-corrected chi connectivity index (χ4v) is 15.6. The summed E-state index contributed by atoms with van der Waals surface area (Å²) in [7, 11) is 8.55. The van der Waals surface area contributed by atoms with Gasteiger partial charge in [-0.1, -0.05) is 120 Å². The number of hydrogen-bond acceptors (Lipinski definition) is 14. The molecule has 2 aliphatic carbocycles. The highest BCUT2D eigenvalue weighted by atomic mass is 19.4. The van der Waals surface area contributed by atoms with Gasteiger partial charge in [-0.25, -0.2) is 18.4 Å². The average molecular weight is 1570 g/mol. The van der Waals surface area contributed by atoms with E-state index in [1.165, 1.54) is 83.5 Å². The van der Waals surface area contributed by atoms with Crippen molar-refractivity contribution in [3.8, 4) is 0 Å². The third-order valence-electron chi connectivity index (χ3n) is 22.5. The van der Waals surface area contributed by atoms with E-state index in [1.807, 2.05) is 52.0 Å². The predicted molar refractivity (Wildman–Crippen MR) is 407 cm³/mol. The summed E-state index contributed by atoms with van der Waals surface area (Å²) in [6, 6.07) is 6.01. The normalized spacial score (nSPS) is 18.4. The van der Waals surface area contributed by atoms with Gasteiger partial charge in [-0.05, 0) is 152 Å². The number of likely N-dealkylation sites (N-methyl/N-ethyl adjacent to an activating group) is 6. The number of likely N-dealkylation sites (tertiary alicyclic amines) is 2. The first-order valence-electron chi connectivity index (χ1n) is 39.2. The van der Waals surface area contributed by atoms with Gasteiger partial charge in [0.25, 0.3) is 0 Å². The Kier molecular flexibility index (Phi) is 31.3. The van der Waals surface area contributed by atoms with Crippen molar-refractivity contribution in [2.24, 2.45) is 17.8 Å². The van der Waals surface area contributed by atoms with Crippen LogP contribution in [0.5, 0.6) is 0 Å². The molecule has 2 saturated heterocycles. The minimum atomic E-state index is -5.35. The van der Waals surface area contributed by atoms with E-state index in [-0.39, 0.29) is 76.2 Å². The molecule has 618 valence electrons. The van der Waals surface area contributed by atoms with Gasteiger partial charge < -0.3 is 64.6 Å². The molecular formula is C82H116F5N11O14. The van der Waals surface area contributed by atoms with Gasteiger partial charge in [0.05, 0.1) is 6.42 Å². The maximum Gasteiger partial charge on any atom is 0.422 e. The molecule has 2 saturated carbocycles. The van der Waals surface area contributed by atoms with Crippen molar-refractivity contribution in [1.82, 2.24) is 55.1 Å². The van der Waals surface area contributed by atoms with Gasteiger partial charge in [-0.3, -0.25) is 47.9 Å². The molecule has 2 heterocycles. The molecule has 10 atom stereocenters. The second-order valence-corrected chi connectivity index (χ2v) is 32.4. The molecule has 3 N–H and O–H groups in total. The number of esters is 1. The number of hydrogen-bond donors (Lipinski definition) is 3. The number of carbonyl (C=O) groups is 12. The summed E-state index contributed by atoms with van der Waals surface area (Å²) >= 11 is 0. The number of nitrogens with one attached hydrogen (secondary N) is 3. The molecule has 3 aromatic carbocycles. The lowest BCUT2D eigenvalue weighted by atomic mass is 9.90. The molecule has 11 amide bonds. The summed E-state index contributed by atoms with van der Waals surface area (Å²) in [5, 5.41) is 8.38. The van der Waals surface area contributed by atoms with E-state index in [9.17, 15) is 65.1 Å². The van der Waals surface area contributed by atoms with Crippen LogP contribution in [0.2, 0.25) is 0 Å². The lowest BCUT2D eigenvalue weighted by molar-refractivity contribution is -0.169. The molecule has 25 nitrogen and oxygen atoms in total. The highest BCUT2D eigenvalue weighted by Crippen LogP contribution is 2.39. The molecule has 0 radical (unpaired) electrons. The van der Waals surface area contributed by atoms with Crippen molar-refractivity contribution in [3.05, 3.63) is 106 Å². The Balaban J connectivity index is 1.06. The van der Waals surface area contributed by atoms with Gasteiger partial charge in [0.2, 0.25) is 59.1 Å². The number of halogens is 5. The summed E-state index contributed by atoms with van der Waals surface area (Å²) in [5.41, 5.74) is -2.43. The molecular weight excluding hydrogens is 1460 g/mol. The summed E-state index contributed by atoms with van der Waals surface area (Å²) in [6.45, 7) is 17.8. The van der Waals surface area contributed by atoms with Crippen LogP contribution < -0.4 is 16.0 Å². The molecule has 3 aromatic rings. The number of amides is 11. The van der Waals surface area contributed by atoms with E-state index < -0.39 is 191 Å². The van der Waals surface area contributed by atoms with E-state index in [2.05, 4.69) is 16.0 Å². The van der Waals surface area contributed by atoms with E-state index in [4.69, 9.17) is 9.47 Å². The smallest absolute Gasteiger partial charge is 0.422 e. The zero-order valence-corrected chi connectivity index (χ0v) is 67.8. The largest absolute Gasteiger partial charge is 0.458 e. The number of nitrogens with zero attached hydrogens (tertiary/aromatic N) is 8. The van der Waals surface area contributed by atoms with Crippen LogP contribution in [-0.4, -0.2) is 238 Å². The fourth-order valence-electron chi connectivity index (χ4n) is 15.6. The van der Waals surface area contributed by atoms with Crippen LogP contribution in [0.4, 0.5) is 26.7 Å². The van der Waals surface area contributed by atoms with E-state index in [0.29, 0.717) is 69.1 Å². The molecule has 2 aliphatic heterocycles. The summed E-state index contributed by atoms with van der Waals surface area (Å²) < 4.78 is 81.5. The monoisotopic (exact) mass is 1570 g/mol. The quantitative estimate of drug-likeness (QED) is 0.0379. The number of rotatable bonds is 33. The van der Waals surface area contributed by atoms with Gasteiger partial charge in [0.15, 0.2) is 0 Å². The molecule has 0 bridgehead atoms. The van der Waals surface area contributed by atoms with Gasteiger partial charge in [0, 0.05) is 68.3 Å². The van der Waals surface area contributed by atoms with Crippen LogP contribution in [0.1, 0.15) is 186 Å². The van der Waals surface area contributed by atoms with Crippen molar-refractivity contribution in [3.63, 3.8) is 0 Å². The number of carbonyl (C=O) groups excluding carboxylic acids is 12. The Hall–Kier alpha value is -9.25. The third-order valence-corrected chi connectivity index (χ3v) is 22.5. The van der Waals surface area contributed by atoms with Crippen LogP contribution in [0, 0.1) is 36.3 Å². The summed E-state index contributed by atoms with van der Waals surface area (Å²) in [5.74, 6) is -12.1. The molecule has 0 spiro atoms. The van der Waals surface area contributed by atoms with Crippen LogP contribution in [0.15, 0.2) is 66.7 Å². The first-order valence-corrected chi connectivity index (χ1v) is 39.2. The van der Waals surface area contributed by atoms with Crippen LogP contribution in [0.3, 0.4) is 0 Å². The first-order chi connectivity index (χ1) is 52.6. The number of alkyl carbamates (subject to hydrolysis) is 1. The predicted octanol–water partition coefficient (Wildman–Crippen LogP) is 8.92. The van der Waals surface area contributed by atoms with Gasteiger partial charge in [-0.15, -0.1) is 0 Å². The third kappa shape index (κ3) is 22.4. The molecule has 30 heteroatoms. The zero-order valence-electron chi connectivity index (χ0n) is 67.8. The van der Waals surface area contributed by atoms with Crippen molar-refractivity contribution in [2.45, 2.75) is 257 Å². The molecule has 0 aromatic heterocycles. The highest BCUT2D eigenvalue weighted by molar-refractivity contribution is 6.01. The molecule has 7 rings (SSSR count). The maximum atomic E-state index is 15.6.